The molecule has 0 amide bonds. The second-order valence-electron chi connectivity index (χ2n) is 0.959. The van der Waals surface area contributed by atoms with Crippen LogP contribution in [0, 0.1) is 6.92 Å². The fourth-order valence-corrected chi connectivity index (χ4v) is 0.273. The van der Waals surface area contributed by atoms with Crippen LogP contribution in [0.15, 0.2) is 0 Å². The Morgan fingerprint density at radius 3 is 2.14 bits per heavy atom. The first-order chi connectivity index (χ1) is 2.77. The van der Waals surface area contributed by atoms with Crippen LogP contribution < -0.4 is 0 Å². The second kappa shape index (κ2) is 7.06. The Labute approximate surface area is 73.7 Å². The van der Waals surface area contributed by atoms with E-state index >= 15 is 0 Å². The molecule has 1 radical (unpaired) electrons. The summed E-state index contributed by atoms with van der Waals surface area (Å²) >= 11 is 4.90. The molecule has 7 heavy (non-hydrogen) atoms. The van der Waals surface area contributed by atoms with E-state index in [1.807, 2.05) is 0 Å². The largest absolute Gasteiger partial charge is 0.343 e. The minimum Gasteiger partial charge on any atom is -0.343 e. The van der Waals surface area contributed by atoms with Crippen molar-refractivity contribution in [2.75, 3.05) is 0 Å². The van der Waals surface area contributed by atoms with Crippen LogP contribution in [-0.4, -0.2) is 5.24 Å². The number of rotatable bonds is 2. The Morgan fingerprint density at radius 1 is 1.71 bits per heavy atom. The number of hydrogen-bond donors (Lipinski definition) is 0. The normalized spacial score (nSPS) is 7.14. The molecule has 0 aliphatic carbocycles. The third kappa shape index (κ3) is 11.0. The summed E-state index contributed by atoms with van der Waals surface area (Å²) in [5.41, 5.74) is 0. The Kier molecular flexibility index (Phi) is 11.0. The van der Waals surface area contributed by atoms with Crippen LogP contribution in [0.25, 0.3) is 0 Å². The van der Waals surface area contributed by atoms with Gasteiger partial charge in [0.25, 0.3) is 0 Å². The van der Waals surface area contributed by atoms with Gasteiger partial charge in [0.05, 0.1) is 0 Å². The summed E-state index contributed by atoms with van der Waals surface area (Å²) in [6.45, 7) is 3.42. The molecule has 0 aromatic rings. The zero-order valence-electron chi connectivity index (χ0n) is 3.98. The zero-order chi connectivity index (χ0) is 4.99. The molecule has 0 aliphatic rings. The van der Waals surface area contributed by atoms with Gasteiger partial charge in [-0.2, -0.15) is 6.42 Å². The van der Waals surface area contributed by atoms with Crippen molar-refractivity contribution in [3.05, 3.63) is 6.92 Å². The minimum atomic E-state index is -0.301. The molecule has 0 bridgehead atoms. The van der Waals surface area contributed by atoms with Crippen LogP contribution in [-0.2, 0) is 37.5 Å². The van der Waals surface area contributed by atoms with Crippen molar-refractivity contribution in [2.45, 2.75) is 12.8 Å². The third-order valence-electron chi connectivity index (χ3n) is 0.373. The number of halogens is 1. The van der Waals surface area contributed by atoms with Gasteiger partial charge in [-0.15, -0.1) is 0 Å². The Hall–Kier alpha value is 1.06. The summed E-state index contributed by atoms with van der Waals surface area (Å²) in [6.07, 6.45) is 0.990. The van der Waals surface area contributed by atoms with E-state index in [-0.39, 0.29) is 38.0 Å². The first-order valence-corrected chi connectivity index (χ1v) is 2.12. The van der Waals surface area contributed by atoms with Gasteiger partial charge in [-0.05, 0) is 18.0 Å². The van der Waals surface area contributed by atoms with Gasteiger partial charge in [-0.25, -0.2) is 0 Å². The van der Waals surface area contributed by atoms with Crippen LogP contribution in [0.1, 0.15) is 12.8 Å². The first-order valence-electron chi connectivity index (χ1n) is 1.75. The van der Waals surface area contributed by atoms with Gasteiger partial charge in [0.2, 0.25) is 5.24 Å². The summed E-state index contributed by atoms with van der Waals surface area (Å²) < 4.78 is 0. The van der Waals surface area contributed by atoms with E-state index in [9.17, 15) is 4.79 Å². The standard InChI is InChI=1S/C4H6ClO.Y/c1-2-3-4(5)6;/h1-3H2;/q-1;. The maximum atomic E-state index is 9.77. The van der Waals surface area contributed by atoms with E-state index in [0.717, 1.165) is 0 Å². The molecule has 0 aromatic carbocycles. The average Bonchev–Trinajstić information content (AvgIpc) is 1.35. The van der Waals surface area contributed by atoms with Gasteiger partial charge in [0, 0.05) is 32.7 Å². The van der Waals surface area contributed by atoms with Crippen molar-refractivity contribution < 1.29 is 37.5 Å². The smallest absolute Gasteiger partial charge is 0.219 e. The predicted molar refractivity (Wildman–Crippen MR) is 25.5 cm³/mol. The molecule has 0 aliphatic heterocycles. The summed E-state index contributed by atoms with van der Waals surface area (Å²) in [4.78, 5) is 9.77. The van der Waals surface area contributed by atoms with E-state index in [4.69, 9.17) is 11.6 Å². The van der Waals surface area contributed by atoms with Gasteiger partial charge in [0.1, 0.15) is 0 Å². The maximum absolute atomic E-state index is 9.77. The summed E-state index contributed by atoms with van der Waals surface area (Å²) in [6, 6.07) is 0. The van der Waals surface area contributed by atoms with E-state index in [0.29, 0.717) is 12.8 Å². The predicted octanol–water partition coefficient (Wildman–Crippen LogP) is 1.36. The maximum Gasteiger partial charge on any atom is 0.219 e. The SMILES string of the molecule is [CH2-]CCC(=O)Cl.[Y]. The Balaban J connectivity index is 0. The molecule has 0 aromatic heterocycles. The molecule has 0 unspecified atom stereocenters. The quantitative estimate of drug-likeness (QED) is 0.479. The Morgan fingerprint density at radius 2 is 2.14 bits per heavy atom. The van der Waals surface area contributed by atoms with Gasteiger partial charge < -0.3 is 6.92 Å². The zero-order valence-corrected chi connectivity index (χ0v) is 7.58. The van der Waals surface area contributed by atoms with Gasteiger partial charge >= 0.3 is 0 Å². The molecule has 0 saturated carbocycles. The van der Waals surface area contributed by atoms with Gasteiger partial charge in [0.15, 0.2) is 0 Å². The molecule has 0 heterocycles. The van der Waals surface area contributed by atoms with Crippen molar-refractivity contribution >= 4 is 16.8 Å². The Bertz CT molecular complexity index is 55.7. The summed E-state index contributed by atoms with van der Waals surface area (Å²) in [5.74, 6) is 0. The van der Waals surface area contributed by atoms with Gasteiger partial charge in [-0.1, -0.05) is 0 Å². The van der Waals surface area contributed by atoms with Crippen LogP contribution in [0.4, 0.5) is 0 Å². The topological polar surface area (TPSA) is 17.1 Å². The first kappa shape index (κ1) is 10.9. The molecule has 0 rings (SSSR count). The van der Waals surface area contributed by atoms with Gasteiger partial charge in [-0.3, -0.25) is 4.79 Å². The second-order valence-corrected chi connectivity index (χ2v) is 1.38. The molecule has 0 spiro atoms. The van der Waals surface area contributed by atoms with Crippen LogP contribution in [0.5, 0.6) is 0 Å². The van der Waals surface area contributed by atoms with Crippen molar-refractivity contribution in [1.29, 1.82) is 0 Å². The van der Waals surface area contributed by atoms with Crippen LogP contribution in [0.3, 0.4) is 0 Å². The third-order valence-corrected chi connectivity index (χ3v) is 0.562. The molecule has 0 fully saturated rings. The molecule has 3 heteroatoms. The van der Waals surface area contributed by atoms with E-state index < -0.39 is 0 Å². The number of carbonyl (C=O) groups is 1. The number of carbonyl (C=O) groups excluding carboxylic acids is 1. The van der Waals surface area contributed by atoms with E-state index in [1.165, 1.54) is 0 Å². The monoisotopic (exact) mass is 194 g/mol. The van der Waals surface area contributed by atoms with Crippen molar-refractivity contribution in [3.63, 3.8) is 0 Å². The molecule has 39 valence electrons. The fourth-order valence-electron chi connectivity index (χ4n) is 0.139. The molecule has 0 N–H and O–H groups in total. The fraction of sp³-hybridized carbons (Fsp3) is 0.500. The van der Waals surface area contributed by atoms with E-state index in [1.54, 1.807) is 0 Å². The van der Waals surface area contributed by atoms with E-state index in [2.05, 4.69) is 6.92 Å². The summed E-state index contributed by atoms with van der Waals surface area (Å²) in [7, 11) is 0. The minimum absolute atomic E-state index is 0. The molecule has 0 atom stereocenters. The number of hydrogen-bond acceptors (Lipinski definition) is 1. The van der Waals surface area contributed by atoms with Crippen LogP contribution in [0.2, 0.25) is 0 Å². The molecule has 1 nitrogen and oxygen atoms in total. The molecular formula is C4H6ClOY-. The summed E-state index contributed by atoms with van der Waals surface area (Å²) in [5, 5.41) is -0.301. The van der Waals surface area contributed by atoms with Crippen LogP contribution >= 0.6 is 11.6 Å². The van der Waals surface area contributed by atoms with Crippen molar-refractivity contribution in [2.24, 2.45) is 0 Å². The molecule has 0 saturated heterocycles. The average molecular weight is 194 g/mol. The van der Waals surface area contributed by atoms with Crippen molar-refractivity contribution in [1.82, 2.24) is 0 Å². The molecular weight excluding hydrogens is 188 g/mol. The van der Waals surface area contributed by atoms with Crippen molar-refractivity contribution in [3.8, 4) is 0 Å².